The Hall–Kier alpha value is -1.16. The van der Waals surface area contributed by atoms with Crippen LogP contribution in [0.3, 0.4) is 0 Å². The van der Waals surface area contributed by atoms with E-state index in [1.807, 2.05) is 13.8 Å². The summed E-state index contributed by atoms with van der Waals surface area (Å²) in [6, 6.07) is 2.62. The Labute approximate surface area is 182 Å². The molecule has 2 rings (SSSR count). The van der Waals surface area contributed by atoms with Crippen molar-refractivity contribution in [1.82, 2.24) is 10.2 Å². The fourth-order valence-electron chi connectivity index (χ4n) is 4.19. The molecule has 0 aliphatic carbocycles. The third-order valence-electron chi connectivity index (χ3n) is 6.20. The number of ether oxygens (including phenoxy) is 1. The van der Waals surface area contributed by atoms with Gasteiger partial charge in [0.05, 0.1) is 23.9 Å². The van der Waals surface area contributed by atoms with E-state index >= 15 is 0 Å². The van der Waals surface area contributed by atoms with Gasteiger partial charge >= 0.3 is 0 Å². The van der Waals surface area contributed by atoms with Crippen LogP contribution in [0.25, 0.3) is 0 Å². The number of likely N-dealkylation sites (N-methyl/N-ethyl adjacent to an activating group) is 1. The maximum Gasteiger partial charge on any atom is 0.187 e. The molecule has 7 nitrogen and oxygen atoms in total. The summed E-state index contributed by atoms with van der Waals surface area (Å²) < 4.78 is 57.3. The molecule has 0 amide bonds. The van der Waals surface area contributed by atoms with Gasteiger partial charge in [-0.3, -0.25) is 4.90 Å². The zero-order chi connectivity index (χ0) is 22.9. The second-order valence-corrected chi connectivity index (χ2v) is 13.0. The quantitative estimate of drug-likeness (QED) is 0.602. The first kappa shape index (κ1) is 25.1. The first-order chi connectivity index (χ1) is 13.8. The molecule has 1 heterocycles. The number of benzene rings is 1. The molecular formula is C21H36N2O5S2. The largest absolute Gasteiger partial charge is 0.495 e. The topological polar surface area (TPSA) is 92.8 Å². The van der Waals surface area contributed by atoms with Gasteiger partial charge in [0.2, 0.25) is 0 Å². The van der Waals surface area contributed by atoms with Crippen LogP contribution in [0.1, 0.15) is 38.8 Å². The highest BCUT2D eigenvalue weighted by atomic mass is 32.2. The predicted octanol–water partition coefficient (Wildman–Crippen LogP) is 1.96. The molecule has 30 heavy (non-hydrogen) atoms. The van der Waals surface area contributed by atoms with Crippen LogP contribution in [0, 0.1) is 13.8 Å². The highest BCUT2D eigenvalue weighted by Crippen LogP contribution is 2.34. The summed E-state index contributed by atoms with van der Waals surface area (Å²) in [7, 11) is -5.96. The summed E-state index contributed by atoms with van der Waals surface area (Å²) in [5, 5.41) is 2.23. The lowest BCUT2D eigenvalue weighted by atomic mass is 10.0. The summed E-state index contributed by atoms with van der Waals surface area (Å²) in [5.41, 5.74) is 1.50. The minimum atomic E-state index is -3.92. The van der Waals surface area contributed by atoms with Crippen LogP contribution >= 0.6 is 0 Å². The molecule has 1 aromatic carbocycles. The number of rotatable bonds is 9. The number of methoxy groups -OCH3 is 1. The average molecular weight is 461 g/mol. The molecule has 2 atom stereocenters. The third-order valence-corrected chi connectivity index (χ3v) is 10.4. The first-order valence-corrected chi connectivity index (χ1v) is 13.7. The van der Waals surface area contributed by atoms with Gasteiger partial charge in [-0.1, -0.05) is 13.8 Å². The van der Waals surface area contributed by atoms with Gasteiger partial charge in [0.25, 0.3) is 0 Å². The molecule has 0 saturated carbocycles. The van der Waals surface area contributed by atoms with Gasteiger partial charge in [0.15, 0.2) is 19.7 Å². The van der Waals surface area contributed by atoms with E-state index in [0.717, 1.165) is 24.2 Å². The van der Waals surface area contributed by atoms with E-state index in [9.17, 15) is 16.8 Å². The Balaban J connectivity index is 2.39. The molecule has 1 aromatic rings. The Kier molecular flexibility index (Phi) is 7.65. The summed E-state index contributed by atoms with van der Waals surface area (Å²) in [4.78, 5) is 2.32. The van der Waals surface area contributed by atoms with Crippen LogP contribution in [0.4, 0.5) is 0 Å². The van der Waals surface area contributed by atoms with Gasteiger partial charge in [-0.2, -0.15) is 0 Å². The minimum Gasteiger partial charge on any atom is -0.495 e. The van der Waals surface area contributed by atoms with Crippen molar-refractivity contribution in [2.75, 3.05) is 38.2 Å². The van der Waals surface area contributed by atoms with E-state index in [-0.39, 0.29) is 27.7 Å². The smallest absolute Gasteiger partial charge is 0.187 e. The van der Waals surface area contributed by atoms with E-state index in [4.69, 9.17) is 4.74 Å². The predicted molar refractivity (Wildman–Crippen MR) is 121 cm³/mol. The van der Waals surface area contributed by atoms with Gasteiger partial charge in [0.1, 0.15) is 10.6 Å². The highest BCUT2D eigenvalue weighted by molar-refractivity contribution is 7.96. The monoisotopic (exact) mass is 460 g/mol. The number of nitrogens with one attached hydrogen (secondary N) is 1. The standard InChI is InChI=1S/C21H36N2O5S2/c1-8-23(9-2)21(5,6)14-22-17-12-29(24,25)13-20(17)30(26,27)19-11-16(4)15(3)10-18(19)28-7/h10-11,17,20,22H,8-9,12-14H2,1-7H3/t17-,20-/m0/s1. The molecule has 1 aliphatic heterocycles. The van der Waals surface area contributed by atoms with Crippen molar-refractivity contribution in [3.8, 4) is 5.75 Å². The molecule has 9 heteroatoms. The number of sulfone groups is 2. The molecule has 0 spiro atoms. The van der Waals surface area contributed by atoms with E-state index in [2.05, 4.69) is 37.9 Å². The zero-order valence-corrected chi connectivity index (χ0v) is 20.8. The molecule has 172 valence electrons. The van der Waals surface area contributed by atoms with Gasteiger partial charge in [-0.05, 0) is 64.0 Å². The molecule has 0 bridgehead atoms. The molecule has 1 saturated heterocycles. The number of nitrogens with zero attached hydrogens (tertiary/aromatic N) is 1. The number of aryl methyl sites for hydroxylation is 2. The molecule has 1 N–H and O–H groups in total. The van der Waals surface area contributed by atoms with Crippen LogP contribution < -0.4 is 10.1 Å². The maximum absolute atomic E-state index is 13.6. The van der Waals surface area contributed by atoms with Crippen LogP contribution in [0.5, 0.6) is 5.75 Å². The SMILES string of the molecule is CCN(CC)C(C)(C)CN[C@H]1CS(=O)(=O)C[C@@H]1S(=O)(=O)c1cc(C)c(C)cc1OC. The van der Waals surface area contributed by atoms with Crippen molar-refractivity contribution in [3.63, 3.8) is 0 Å². The number of hydrogen-bond acceptors (Lipinski definition) is 7. The summed E-state index contributed by atoms with van der Waals surface area (Å²) in [6.45, 7) is 14.2. The zero-order valence-electron chi connectivity index (χ0n) is 19.1. The van der Waals surface area contributed by atoms with Crippen LogP contribution in [0.15, 0.2) is 17.0 Å². The Morgan fingerprint density at radius 1 is 1.13 bits per heavy atom. The second-order valence-electron chi connectivity index (χ2n) is 8.72. The van der Waals surface area contributed by atoms with Crippen molar-refractivity contribution < 1.29 is 21.6 Å². The fourth-order valence-corrected chi connectivity index (χ4v) is 9.13. The van der Waals surface area contributed by atoms with Gasteiger partial charge in [0, 0.05) is 18.1 Å². The molecular weight excluding hydrogens is 424 g/mol. The van der Waals surface area contributed by atoms with Crippen LogP contribution in [-0.4, -0.2) is 76.8 Å². The van der Waals surface area contributed by atoms with Crippen LogP contribution in [0.2, 0.25) is 0 Å². The van der Waals surface area contributed by atoms with Crippen molar-refractivity contribution in [1.29, 1.82) is 0 Å². The lowest BCUT2D eigenvalue weighted by Gasteiger charge is -2.38. The molecule has 1 fully saturated rings. The summed E-state index contributed by atoms with van der Waals surface area (Å²) >= 11 is 0. The van der Waals surface area contributed by atoms with Crippen molar-refractivity contribution >= 4 is 19.7 Å². The lowest BCUT2D eigenvalue weighted by molar-refractivity contribution is 0.130. The van der Waals surface area contributed by atoms with Crippen molar-refractivity contribution in [2.45, 2.75) is 63.3 Å². The minimum absolute atomic E-state index is 0.0602. The van der Waals surface area contributed by atoms with E-state index in [1.54, 1.807) is 12.1 Å². The third kappa shape index (κ3) is 5.18. The maximum atomic E-state index is 13.6. The first-order valence-electron chi connectivity index (χ1n) is 10.4. The average Bonchev–Trinajstić information content (AvgIpc) is 2.98. The fraction of sp³-hybridized carbons (Fsp3) is 0.714. The van der Waals surface area contributed by atoms with Crippen LogP contribution in [-0.2, 0) is 19.7 Å². The molecule has 0 radical (unpaired) electrons. The lowest BCUT2D eigenvalue weighted by Crippen LogP contribution is -2.54. The summed E-state index contributed by atoms with van der Waals surface area (Å²) in [6.07, 6.45) is 0. The van der Waals surface area contributed by atoms with Crippen molar-refractivity contribution in [3.05, 3.63) is 23.3 Å². The summed E-state index contributed by atoms with van der Waals surface area (Å²) in [5.74, 6) is -0.308. The Morgan fingerprint density at radius 2 is 1.70 bits per heavy atom. The van der Waals surface area contributed by atoms with E-state index < -0.39 is 31.0 Å². The van der Waals surface area contributed by atoms with Gasteiger partial charge in [-0.15, -0.1) is 0 Å². The molecule has 0 aromatic heterocycles. The van der Waals surface area contributed by atoms with Gasteiger partial charge in [-0.25, -0.2) is 16.8 Å². The second kappa shape index (κ2) is 9.14. The van der Waals surface area contributed by atoms with Gasteiger partial charge < -0.3 is 10.1 Å². The highest BCUT2D eigenvalue weighted by Gasteiger charge is 2.47. The van der Waals surface area contributed by atoms with E-state index in [1.165, 1.54) is 7.11 Å². The van der Waals surface area contributed by atoms with E-state index in [0.29, 0.717) is 6.54 Å². The van der Waals surface area contributed by atoms with Crippen molar-refractivity contribution in [2.24, 2.45) is 0 Å². The Bertz CT molecular complexity index is 967. The normalized spacial score (nSPS) is 21.9. The molecule has 0 unspecified atom stereocenters. The number of hydrogen-bond donors (Lipinski definition) is 1. The molecule has 1 aliphatic rings. The Morgan fingerprint density at radius 3 is 2.23 bits per heavy atom.